The quantitative estimate of drug-likeness (QED) is 0.722. The topological polar surface area (TPSA) is 58.5 Å². The maximum Gasteiger partial charge on any atom is 0.152 e. The van der Waals surface area contributed by atoms with Gasteiger partial charge in [-0.2, -0.15) is 5.10 Å². The van der Waals surface area contributed by atoms with Crippen molar-refractivity contribution in [3.8, 4) is 0 Å². The Morgan fingerprint density at radius 2 is 1.93 bits per heavy atom. The molecule has 15 heavy (non-hydrogen) atoms. The number of hydrogen-bond acceptors (Lipinski definition) is 4. The van der Waals surface area contributed by atoms with E-state index >= 15 is 0 Å². The summed E-state index contributed by atoms with van der Waals surface area (Å²) in [6.45, 7) is 0. The average Bonchev–Trinajstić information content (AvgIpc) is 2.57. The molecule has 1 saturated heterocycles. The molecule has 1 aliphatic carbocycles. The molecule has 0 aromatic heterocycles. The van der Waals surface area contributed by atoms with Crippen molar-refractivity contribution < 1.29 is 8.42 Å². The molecule has 0 aromatic carbocycles. The Bertz CT molecular complexity index is 340. The molecule has 1 aliphatic heterocycles. The molecule has 0 spiro atoms. The van der Waals surface area contributed by atoms with Gasteiger partial charge in [0.1, 0.15) is 0 Å². The molecule has 2 aliphatic rings. The minimum absolute atomic E-state index is 0.0458. The fourth-order valence-corrected chi connectivity index (χ4v) is 3.82. The molecule has 0 radical (unpaired) electrons. The summed E-state index contributed by atoms with van der Waals surface area (Å²) in [5, 5.41) is 4.33. The molecule has 1 N–H and O–H groups in total. The molecular weight excluding hydrogens is 212 g/mol. The number of hydrogen-bond donors (Lipinski definition) is 1. The summed E-state index contributed by atoms with van der Waals surface area (Å²) >= 11 is 0. The van der Waals surface area contributed by atoms with E-state index in [2.05, 4.69) is 10.5 Å². The van der Waals surface area contributed by atoms with Crippen molar-refractivity contribution in [3.63, 3.8) is 0 Å². The van der Waals surface area contributed by atoms with Crippen LogP contribution < -0.4 is 5.43 Å². The largest absolute Gasteiger partial charge is 0.306 e. The van der Waals surface area contributed by atoms with Gasteiger partial charge in [0.2, 0.25) is 0 Å². The van der Waals surface area contributed by atoms with Crippen molar-refractivity contribution >= 4 is 15.5 Å². The standard InChI is InChI=1S/C10H18N2O2S/c13-15(14)7-6-10(8-15)12-11-9-4-2-1-3-5-9/h10,12H,1-8H2/t10-/m1/s1. The number of nitrogens with zero attached hydrogens (tertiary/aromatic N) is 1. The maximum absolute atomic E-state index is 11.2. The van der Waals surface area contributed by atoms with E-state index in [1.54, 1.807) is 0 Å². The van der Waals surface area contributed by atoms with E-state index in [9.17, 15) is 8.42 Å². The molecule has 2 fully saturated rings. The first-order valence-corrected chi connectivity index (χ1v) is 7.49. The van der Waals surface area contributed by atoms with E-state index in [4.69, 9.17) is 0 Å². The third kappa shape index (κ3) is 3.19. The minimum Gasteiger partial charge on any atom is -0.306 e. The second-order valence-corrected chi connectivity index (χ2v) is 6.70. The Balaban J connectivity index is 1.83. The smallest absolute Gasteiger partial charge is 0.152 e. The van der Waals surface area contributed by atoms with Crippen LogP contribution in [0.5, 0.6) is 0 Å². The molecule has 0 bridgehead atoms. The zero-order valence-electron chi connectivity index (χ0n) is 8.91. The highest BCUT2D eigenvalue weighted by molar-refractivity contribution is 7.91. The lowest BCUT2D eigenvalue weighted by Gasteiger charge is -2.14. The van der Waals surface area contributed by atoms with E-state index < -0.39 is 9.84 Å². The van der Waals surface area contributed by atoms with Gasteiger partial charge >= 0.3 is 0 Å². The van der Waals surface area contributed by atoms with Crippen LogP contribution in [0, 0.1) is 0 Å². The van der Waals surface area contributed by atoms with Crippen molar-refractivity contribution in [3.05, 3.63) is 0 Å². The summed E-state index contributed by atoms with van der Waals surface area (Å²) in [6, 6.07) is 0.0458. The molecule has 4 nitrogen and oxygen atoms in total. The Morgan fingerprint density at radius 1 is 1.20 bits per heavy atom. The van der Waals surface area contributed by atoms with Crippen LogP contribution in [-0.4, -0.2) is 31.7 Å². The van der Waals surface area contributed by atoms with Crippen LogP contribution in [0.2, 0.25) is 0 Å². The van der Waals surface area contributed by atoms with Gasteiger partial charge < -0.3 is 5.43 Å². The van der Waals surface area contributed by atoms with Gasteiger partial charge in [-0.15, -0.1) is 0 Å². The van der Waals surface area contributed by atoms with E-state index in [1.807, 2.05) is 0 Å². The van der Waals surface area contributed by atoms with Crippen LogP contribution in [-0.2, 0) is 9.84 Å². The molecule has 0 aromatic rings. The van der Waals surface area contributed by atoms with Gasteiger partial charge in [-0.1, -0.05) is 6.42 Å². The zero-order valence-corrected chi connectivity index (χ0v) is 9.72. The first-order valence-electron chi connectivity index (χ1n) is 5.67. The monoisotopic (exact) mass is 230 g/mol. The van der Waals surface area contributed by atoms with Crippen molar-refractivity contribution in [1.29, 1.82) is 0 Å². The second-order valence-electron chi connectivity index (χ2n) is 4.47. The molecule has 2 rings (SSSR count). The normalized spacial score (nSPS) is 30.1. The first-order chi connectivity index (χ1) is 7.16. The lowest BCUT2D eigenvalue weighted by Crippen LogP contribution is -2.27. The van der Waals surface area contributed by atoms with Crippen molar-refractivity contribution in [2.24, 2.45) is 5.10 Å². The van der Waals surface area contributed by atoms with Crippen LogP contribution in [0.25, 0.3) is 0 Å². The third-order valence-corrected chi connectivity index (χ3v) is 4.84. The van der Waals surface area contributed by atoms with Gasteiger partial charge in [0.05, 0.1) is 17.5 Å². The summed E-state index contributed by atoms with van der Waals surface area (Å²) in [6.07, 6.45) is 6.61. The van der Waals surface area contributed by atoms with Crippen LogP contribution >= 0.6 is 0 Å². The van der Waals surface area contributed by atoms with Gasteiger partial charge in [-0.3, -0.25) is 0 Å². The number of hydrazone groups is 1. The summed E-state index contributed by atoms with van der Waals surface area (Å²) in [5.74, 6) is 0.569. The Hall–Kier alpha value is -0.580. The van der Waals surface area contributed by atoms with Crippen molar-refractivity contribution in [2.45, 2.75) is 44.6 Å². The molecule has 1 heterocycles. The minimum atomic E-state index is -2.78. The SMILES string of the molecule is O=S1(=O)CC[C@@H](NN=C2CCCCC2)C1. The van der Waals surface area contributed by atoms with Gasteiger partial charge in [-0.05, 0) is 32.1 Å². The summed E-state index contributed by atoms with van der Waals surface area (Å²) in [4.78, 5) is 0. The fourth-order valence-electron chi connectivity index (χ4n) is 2.15. The molecule has 0 unspecified atom stereocenters. The Kier molecular flexibility index (Phi) is 3.29. The highest BCUT2D eigenvalue weighted by Gasteiger charge is 2.27. The lowest BCUT2D eigenvalue weighted by molar-refractivity contribution is 0.567. The van der Waals surface area contributed by atoms with Crippen molar-refractivity contribution in [1.82, 2.24) is 5.43 Å². The van der Waals surface area contributed by atoms with E-state index in [0.717, 1.165) is 12.8 Å². The van der Waals surface area contributed by atoms with Crippen LogP contribution in [0.1, 0.15) is 38.5 Å². The molecule has 0 amide bonds. The second kappa shape index (κ2) is 4.51. The molecule has 1 saturated carbocycles. The average molecular weight is 230 g/mol. The molecular formula is C10H18N2O2S. The van der Waals surface area contributed by atoms with Gasteiger partial charge in [0, 0.05) is 5.71 Å². The maximum atomic E-state index is 11.2. The predicted molar refractivity (Wildman–Crippen MR) is 60.7 cm³/mol. The van der Waals surface area contributed by atoms with E-state index in [-0.39, 0.29) is 11.8 Å². The van der Waals surface area contributed by atoms with Crippen molar-refractivity contribution in [2.75, 3.05) is 11.5 Å². The third-order valence-electron chi connectivity index (χ3n) is 3.07. The van der Waals surface area contributed by atoms with Crippen LogP contribution in [0.4, 0.5) is 0 Å². The Labute approximate surface area is 91.1 Å². The molecule has 86 valence electrons. The zero-order chi connectivity index (χ0) is 10.7. The van der Waals surface area contributed by atoms with E-state index in [0.29, 0.717) is 12.2 Å². The van der Waals surface area contributed by atoms with Gasteiger partial charge in [0.15, 0.2) is 9.84 Å². The lowest BCUT2D eigenvalue weighted by atomic mass is 9.99. The summed E-state index contributed by atoms with van der Waals surface area (Å²) < 4.78 is 22.4. The summed E-state index contributed by atoms with van der Waals surface area (Å²) in [7, 11) is -2.78. The van der Waals surface area contributed by atoms with Crippen LogP contribution in [0.15, 0.2) is 5.10 Å². The molecule has 1 atom stereocenters. The van der Waals surface area contributed by atoms with E-state index in [1.165, 1.54) is 25.0 Å². The highest BCUT2D eigenvalue weighted by Crippen LogP contribution is 2.15. The van der Waals surface area contributed by atoms with Gasteiger partial charge in [-0.25, -0.2) is 8.42 Å². The van der Waals surface area contributed by atoms with Crippen LogP contribution in [0.3, 0.4) is 0 Å². The molecule has 5 heteroatoms. The Morgan fingerprint density at radius 3 is 2.53 bits per heavy atom. The first kappa shape index (κ1) is 10.9. The highest BCUT2D eigenvalue weighted by atomic mass is 32.2. The van der Waals surface area contributed by atoms with Gasteiger partial charge in [0.25, 0.3) is 0 Å². The number of rotatable bonds is 2. The summed E-state index contributed by atoms with van der Waals surface area (Å²) in [5.41, 5.74) is 4.23. The predicted octanol–water partition coefficient (Wildman–Crippen LogP) is 1.08. The number of sulfone groups is 1. The fraction of sp³-hybridized carbons (Fsp3) is 0.900. The number of nitrogens with one attached hydrogen (secondary N) is 1.